The van der Waals surface area contributed by atoms with Gasteiger partial charge in [0.05, 0.1) is 37.8 Å². The molecule has 2 fully saturated rings. The third kappa shape index (κ3) is 3.27. The van der Waals surface area contributed by atoms with Crippen LogP contribution in [0, 0.1) is 5.41 Å². The fourth-order valence-electron chi connectivity index (χ4n) is 3.54. The van der Waals surface area contributed by atoms with Gasteiger partial charge in [0, 0.05) is 0 Å². The third-order valence-electron chi connectivity index (χ3n) is 4.90. The average molecular weight is 319 g/mol. The molecule has 2 bridgehead atoms. The molecule has 2 saturated heterocycles. The summed E-state index contributed by atoms with van der Waals surface area (Å²) in [7, 11) is 1.44. The fourth-order valence-corrected chi connectivity index (χ4v) is 3.54. The maximum atomic E-state index is 12.2. The Hall–Kier alpha value is -1.43. The molecule has 0 saturated carbocycles. The van der Waals surface area contributed by atoms with E-state index in [2.05, 4.69) is 12.1 Å². The van der Waals surface area contributed by atoms with Crippen molar-refractivity contribution in [3.05, 3.63) is 35.9 Å². The first-order valence-electron chi connectivity index (χ1n) is 8.17. The number of benzene rings is 1. The van der Waals surface area contributed by atoms with E-state index < -0.39 is 5.41 Å². The molecule has 0 aromatic heterocycles. The Labute approximate surface area is 137 Å². The lowest BCUT2D eigenvalue weighted by Crippen LogP contribution is -2.51. The molecule has 3 rings (SSSR count). The summed E-state index contributed by atoms with van der Waals surface area (Å²) in [5, 5.41) is 2.00. The van der Waals surface area contributed by atoms with E-state index in [4.69, 9.17) is 14.3 Å². The van der Waals surface area contributed by atoms with E-state index in [1.165, 1.54) is 12.7 Å². The number of carbonyl (C=O) groups is 1. The van der Waals surface area contributed by atoms with Gasteiger partial charge in [-0.2, -0.15) is 5.06 Å². The van der Waals surface area contributed by atoms with Gasteiger partial charge in [-0.25, -0.2) is 0 Å². The van der Waals surface area contributed by atoms with Gasteiger partial charge >= 0.3 is 5.97 Å². The summed E-state index contributed by atoms with van der Waals surface area (Å²) in [6.07, 6.45) is 1.64. The molecule has 0 N–H and O–H groups in total. The summed E-state index contributed by atoms with van der Waals surface area (Å²) in [4.78, 5) is 18.3. The number of carbonyl (C=O) groups excluding carboxylic acids is 1. The van der Waals surface area contributed by atoms with Crippen molar-refractivity contribution in [3.63, 3.8) is 0 Å². The number of hydroxylamine groups is 2. The van der Waals surface area contributed by atoms with E-state index in [1.54, 1.807) is 0 Å². The van der Waals surface area contributed by atoms with Crippen molar-refractivity contribution in [3.8, 4) is 0 Å². The molecule has 1 aromatic carbocycles. The summed E-state index contributed by atoms with van der Waals surface area (Å²) in [5.74, 6) is -0.197. The molecule has 0 radical (unpaired) electrons. The summed E-state index contributed by atoms with van der Waals surface area (Å²) in [6.45, 7) is 5.06. The third-order valence-corrected chi connectivity index (χ3v) is 4.90. The van der Waals surface area contributed by atoms with Crippen LogP contribution >= 0.6 is 0 Å². The van der Waals surface area contributed by atoms with Crippen LogP contribution in [0.5, 0.6) is 0 Å². The molecule has 2 aliphatic rings. The molecule has 0 spiro atoms. The Morgan fingerprint density at radius 2 is 2.04 bits per heavy atom. The van der Waals surface area contributed by atoms with Crippen LogP contribution in [-0.2, 0) is 25.5 Å². The second-order valence-electron chi connectivity index (χ2n) is 6.93. The van der Waals surface area contributed by atoms with Crippen LogP contribution in [0.25, 0.3) is 0 Å². The van der Waals surface area contributed by atoms with Crippen molar-refractivity contribution in [2.75, 3.05) is 20.3 Å². The molecular formula is C18H25NO4. The Kier molecular flexibility index (Phi) is 4.71. The first-order valence-corrected chi connectivity index (χ1v) is 8.17. The van der Waals surface area contributed by atoms with E-state index in [1.807, 2.05) is 37.1 Å². The molecule has 0 aliphatic carbocycles. The maximum absolute atomic E-state index is 12.2. The number of ether oxygens (including phenoxy) is 2. The van der Waals surface area contributed by atoms with E-state index in [0.29, 0.717) is 13.2 Å². The number of hydrogen-bond acceptors (Lipinski definition) is 5. The quantitative estimate of drug-likeness (QED) is 0.796. The Morgan fingerprint density at radius 1 is 1.30 bits per heavy atom. The zero-order valence-corrected chi connectivity index (χ0v) is 14.0. The van der Waals surface area contributed by atoms with Crippen molar-refractivity contribution in [1.29, 1.82) is 0 Å². The van der Waals surface area contributed by atoms with Crippen LogP contribution in [0.2, 0.25) is 0 Å². The second-order valence-corrected chi connectivity index (χ2v) is 6.93. The van der Waals surface area contributed by atoms with Gasteiger partial charge in [-0.3, -0.25) is 9.63 Å². The molecule has 2 heterocycles. The normalized spacial score (nSPS) is 30.7. The lowest BCUT2D eigenvalue weighted by atomic mass is 9.81. The van der Waals surface area contributed by atoms with Crippen LogP contribution in [0.15, 0.2) is 30.3 Å². The summed E-state index contributed by atoms with van der Waals surface area (Å²) in [6, 6.07) is 10.4. The number of fused-ring (bicyclic) bond motifs is 2. The minimum absolute atomic E-state index is 0.00226. The van der Waals surface area contributed by atoms with Gasteiger partial charge in [0.1, 0.15) is 6.10 Å². The van der Waals surface area contributed by atoms with Crippen LogP contribution < -0.4 is 0 Å². The lowest BCUT2D eigenvalue weighted by Gasteiger charge is -2.37. The zero-order chi connectivity index (χ0) is 16.4. The molecule has 1 aromatic rings. The largest absolute Gasteiger partial charge is 0.469 e. The number of nitrogens with zero attached hydrogens (tertiary/aromatic N) is 1. The predicted octanol–water partition coefficient (Wildman–Crippen LogP) is 2.20. The van der Waals surface area contributed by atoms with Crippen molar-refractivity contribution in [2.24, 2.45) is 5.41 Å². The fraction of sp³-hybridized carbons (Fsp3) is 0.611. The van der Waals surface area contributed by atoms with Crippen LogP contribution in [0.3, 0.4) is 0 Å². The van der Waals surface area contributed by atoms with E-state index in [0.717, 1.165) is 12.8 Å². The molecule has 2 aliphatic heterocycles. The molecule has 5 nitrogen and oxygen atoms in total. The van der Waals surface area contributed by atoms with Gasteiger partial charge in [0.15, 0.2) is 0 Å². The average Bonchev–Trinajstić information content (AvgIpc) is 2.88. The minimum atomic E-state index is -0.615. The number of rotatable bonds is 4. The van der Waals surface area contributed by atoms with Crippen LogP contribution in [0.1, 0.15) is 25.8 Å². The highest BCUT2D eigenvalue weighted by molar-refractivity contribution is 5.76. The molecule has 126 valence electrons. The Bertz CT molecular complexity index is 545. The van der Waals surface area contributed by atoms with E-state index in [-0.39, 0.29) is 24.2 Å². The maximum Gasteiger partial charge on any atom is 0.312 e. The van der Waals surface area contributed by atoms with Gasteiger partial charge in [-0.15, -0.1) is 0 Å². The standard InChI is InChI=1S/C18H25NO4/c1-18(2,17(20)21-3)16-10-15-12-22-11-14(19(16)23-15)9-13-7-5-4-6-8-13/h4-8,14-16H,9-12H2,1-3H3/t14-,15-,16-/m0/s1. The van der Waals surface area contributed by atoms with Gasteiger partial charge in [-0.05, 0) is 32.3 Å². The smallest absolute Gasteiger partial charge is 0.312 e. The molecule has 5 heteroatoms. The molecule has 23 heavy (non-hydrogen) atoms. The lowest BCUT2D eigenvalue weighted by molar-refractivity contribution is -0.199. The summed E-state index contributed by atoms with van der Waals surface area (Å²) >= 11 is 0. The van der Waals surface area contributed by atoms with Gasteiger partial charge in [0.25, 0.3) is 0 Å². The topological polar surface area (TPSA) is 48.0 Å². The van der Waals surface area contributed by atoms with E-state index >= 15 is 0 Å². The molecule has 4 atom stereocenters. The highest BCUT2D eigenvalue weighted by Gasteiger charge is 2.50. The molecular weight excluding hydrogens is 294 g/mol. The number of esters is 1. The van der Waals surface area contributed by atoms with Gasteiger partial charge in [0.2, 0.25) is 0 Å². The highest BCUT2D eigenvalue weighted by atomic mass is 16.7. The second kappa shape index (κ2) is 6.59. The van der Waals surface area contributed by atoms with Crippen molar-refractivity contribution in [2.45, 2.75) is 44.9 Å². The van der Waals surface area contributed by atoms with Gasteiger partial charge in [-0.1, -0.05) is 30.3 Å². The number of hydrogen-bond donors (Lipinski definition) is 0. The monoisotopic (exact) mass is 319 g/mol. The van der Waals surface area contributed by atoms with Crippen molar-refractivity contribution < 1.29 is 19.1 Å². The Morgan fingerprint density at radius 3 is 2.74 bits per heavy atom. The SMILES string of the molecule is COC(=O)C(C)(C)[C@@H]1C[C@H]2COC[C@H](Cc3ccccc3)N1O2. The zero-order valence-electron chi connectivity index (χ0n) is 14.0. The van der Waals surface area contributed by atoms with Crippen molar-refractivity contribution >= 4 is 5.97 Å². The first-order chi connectivity index (χ1) is 11.0. The van der Waals surface area contributed by atoms with Crippen LogP contribution in [0.4, 0.5) is 0 Å². The highest BCUT2D eigenvalue weighted by Crippen LogP contribution is 2.39. The summed E-state index contributed by atoms with van der Waals surface area (Å²) in [5.41, 5.74) is 0.625. The van der Waals surface area contributed by atoms with Crippen molar-refractivity contribution in [1.82, 2.24) is 5.06 Å². The molecule has 1 unspecified atom stereocenters. The predicted molar refractivity (Wildman–Crippen MR) is 85.7 cm³/mol. The van der Waals surface area contributed by atoms with Crippen LogP contribution in [-0.4, -0.2) is 49.5 Å². The minimum Gasteiger partial charge on any atom is -0.469 e. The molecule has 0 amide bonds. The van der Waals surface area contributed by atoms with E-state index in [9.17, 15) is 4.79 Å². The first kappa shape index (κ1) is 16.4. The van der Waals surface area contributed by atoms with Gasteiger partial charge < -0.3 is 9.47 Å². The Balaban J connectivity index is 1.82. The number of methoxy groups -OCH3 is 1. The summed E-state index contributed by atoms with van der Waals surface area (Å²) < 4.78 is 10.8.